The van der Waals surface area contributed by atoms with Crippen molar-refractivity contribution in [2.45, 2.75) is 18.8 Å². The second kappa shape index (κ2) is 3.90. The molecule has 2 nitrogen and oxygen atoms in total. The molecule has 0 atom stereocenters. The largest absolute Gasteiger partial charge is 0.342 e. The van der Waals surface area contributed by atoms with Crippen LogP contribution in [0.15, 0.2) is 28.9 Å². The topological polar surface area (TPSA) is 28.7 Å². The van der Waals surface area contributed by atoms with Crippen molar-refractivity contribution in [2.24, 2.45) is 0 Å². The van der Waals surface area contributed by atoms with E-state index in [1.54, 1.807) is 0 Å². The van der Waals surface area contributed by atoms with Crippen LogP contribution < -0.4 is 0 Å². The Labute approximate surface area is 107 Å². The number of aromatic nitrogens is 2. The Morgan fingerprint density at radius 2 is 2.19 bits per heavy atom. The normalized spacial score (nSPS) is 15.4. The SMILES string of the molecule is Clc1ccc(-c2ncc(C3CC3)[nH]2)cc1Br. The van der Waals surface area contributed by atoms with Gasteiger partial charge in [-0.2, -0.15) is 0 Å². The maximum atomic E-state index is 5.96. The Morgan fingerprint density at radius 1 is 1.38 bits per heavy atom. The summed E-state index contributed by atoms with van der Waals surface area (Å²) in [5, 5.41) is 0.720. The summed E-state index contributed by atoms with van der Waals surface area (Å²) < 4.78 is 0.899. The van der Waals surface area contributed by atoms with Crippen molar-refractivity contribution in [1.29, 1.82) is 0 Å². The molecule has 1 N–H and O–H groups in total. The minimum atomic E-state index is 0.706. The summed E-state index contributed by atoms with van der Waals surface area (Å²) >= 11 is 9.37. The fourth-order valence-corrected chi connectivity index (χ4v) is 2.22. The van der Waals surface area contributed by atoms with Gasteiger partial charge >= 0.3 is 0 Å². The van der Waals surface area contributed by atoms with E-state index in [9.17, 15) is 0 Å². The highest BCUT2D eigenvalue weighted by Crippen LogP contribution is 2.39. The molecule has 0 amide bonds. The quantitative estimate of drug-likeness (QED) is 0.876. The van der Waals surface area contributed by atoms with Crippen LogP contribution in [0.25, 0.3) is 11.4 Å². The number of rotatable bonds is 2. The molecule has 0 spiro atoms. The lowest BCUT2D eigenvalue weighted by molar-refractivity contribution is 1.05. The molecule has 1 aromatic carbocycles. The lowest BCUT2D eigenvalue weighted by Gasteiger charge is -2.00. The highest BCUT2D eigenvalue weighted by molar-refractivity contribution is 9.10. The van der Waals surface area contributed by atoms with Gasteiger partial charge in [-0.3, -0.25) is 0 Å². The molecule has 0 bridgehead atoms. The third-order valence-electron chi connectivity index (χ3n) is 2.81. The maximum absolute atomic E-state index is 5.96. The van der Waals surface area contributed by atoms with Crippen LogP contribution in [0.2, 0.25) is 5.02 Å². The summed E-state index contributed by atoms with van der Waals surface area (Å²) in [5.74, 6) is 1.62. The van der Waals surface area contributed by atoms with E-state index in [-0.39, 0.29) is 0 Å². The molecule has 1 aromatic heterocycles. The summed E-state index contributed by atoms with van der Waals surface area (Å²) in [6.45, 7) is 0. The van der Waals surface area contributed by atoms with Crippen molar-refractivity contribution in [3.63, 3.8) is 0 Å². The first-order valence-corrected chi connectivity index (χ1v) is 6.41. The predicted octanol–water partition coefficient (Wildman–Crippen LogP) is 4.37. The number of aromatic amines is 1. The summed E-state index contributed by atoms with van der Waals surface area (Å²) in [6, 6.07) is 5.83. The number of hydrogen-bond donors (Lipinski definition) is 1. The summed E-state index contributed by atoms with van der Waals surface area (Å²) in [5.41, 5.74) is 2.31. The fraction of sp³-hybridized carbons (Fsp3) is 0.250. The third-order valence-corrected chi connectivity index (χ3v) is 4.02. The molecule has 1 saturated carbocycles. The lowest BCUT2D eigenvalue weighted by atomic mass is 10.2. The van der Waals surface area contributed by atoms with E-state index in [1.165, 1.54) is 18.5 Å². The van der Waals surface area contributed by atoms with Crippen LogP contribution in [-0.4, -0.2) is 9.97 Å². The summed E-state index contributed by atoms with van der Waals surface area (Å²) in [6.07, 6.45) is 4.51. The van der Waals surface area contributed by atoms with Gasteiger partial charge in [0.05, 0.1) is 5.02 Å². The number of benzene rings is 1. The van der Waals surface area contributed by atoms with Crippen LogP contribution in [0.4, 0.5) is 0 Å². The van der Waals surface area contributed by atoms with E-state index in [0.29, 0.717) is 5.92 Å². The smallest absolute Gasteiger partial charge is 0.137 e. The highest BCUT2D eigenvalue weighted by Gasteiger charge is 2.25. The van der Waals surface area contributed by atoms with E-state index in [4.69, 9.17) is 11.6 Å². The van der Waals surface area contributed by atoms with Crippen LogP contribution in [0.3, 0.4) is 0 Å². The Kier molecular flexibility index (Phi) is 2.52. The van der Waals surface area contributed by atoms with E-state index >= 15 is 0 Å². The van der Waals surface area contributed by atoms with Gasteiger partial charge in [0, 0.05) is 27.8 Å². The van der Waals surface area contributed by atoms with Crippen LogP contribution in [0, 0.1) is 0 Å². The number of nitrogens with zero attached hydrogens (tertiary/aromatic N) is 1. The Hall–Kier alpha value is -0.800. The molecule has 0 unspecified atom stereocenters. The Balaban J connectivity index is 1.97. The number of hydrogen-bond acceptors (Lipinski definition) is 1. The lowest BCUT2D eigenvalue weighted by Crippen LogP contribution is -1.82. The van der Waals surface area contributed by atoms with Crippen LogP contribution in [-0.2, 0) is 0 Å². The highest BCUT2D eigenvalue weighted by atomic mass is 79.9. The molecular formula is C12H10BrClN2. The van der Waals surface area contributed by atoms with E-state index in [1.807, 2.05) is 24.4 Å². The third kappa shape index (κ3) is 1.89. The maximum Gasteiger partial charge on any atom is 0.137 e. The Bertz CT molecular complexity index is 532. The van der Waals surface area contributed by atoms with E-state index in [0.717, 1.165) is 20.9 Å². The molecule has 1 aliphatic rings. The van der Waals surface area contributed by atoms with Gasteiger partial charge in [0.2, 0.25) is 0 Å². The summed E-state index contributed by atoms with van der Waals surface area (Å²) in [4.78, 5) is 7.76. The van der Waals surface area contributed by atoms with Gasteiger partial charge in [-0.1, -0.05) is 11.6 Å². The monoisotopic (exact) mass is 296 g/mol. The fourth-order valence-electron chi connectivity index (χ4n) is 1.73. The predicted molar refractivity (Wildman–Crippen MR) is 68.7 cm³/mol. The molecule has 4 heteroatoms. The van der Waals surface area contributed by atoms with Crippen molar-refractivity contribution in [3.05, 3.63) is 39.6 Å². The molecule has 0 saturated heterocycles. The molecule has 3 rings (SSSR count). The number of imidazole rings is 1. The first kappa shape index (κ1) is 10.4. The number of H-pyrrole nitrogens is 1. The average molecular weight is 298 g/mol. The zero-order valence-corrected chi connectivity index (χ0v) is 10.8. The van der Waals surface area contributed by atoms with Crippen molar-refractivity contribution < 1.29 is 0 Å². The van der Waals surface area contributed by atoms with Gasteiger partial charge in [0.15, 0.2) is 0 Å². The van der Waals surface area contributed by atoms with Gasteiger partial charge in [-0.15, -0.1) is 0 Å². The van der Waals surface area contributed by atoms with Gasteiger partial charge < -0.3 is 4.98 Å². The molecule has 1 aliphatic carbocycles. The first-order chi connectivity index (χ1) is 7.74. The van der Waals surface area contributed by atoms with Crippen LogP contribution >= 0.6 is 27.5 Å². The summed E-state index contributed by atoms with van der Waals surface area (Å²) in [7, 11) is 0. The van der Waals surface area contributed by atoms with Gasteiger partial charge in [0.25, 0.3) is 0 Å². The first-order valence-electron chi connectivity index (χ1n) is 5.24. The minimum absolute atomic E-state index is 0.706. The molecular weight excluding hydrogens is 288 g/mol. The minimum Gasteiger partial charge on any atom is -0.342 e. The van der Waals surface area contributed by atoms with Crippen molar-refractivity contribution >= 4 is 27.5 Å². The van der Waals surface area contributed by atoms with E-state index < -0.39 is 0 Å². The average Bonchev–Trinajstić information content (AvgIpc) is 3.01. The molecule has 0 aliphatic heterocycles. The molecule has 82 valence electrons. The molecule has 0 radical (unpaired) electrons. The van der Waals surface area contributed by atoms with Gasteiger partial charge in [-0.05, 0) is 47.0 Å². The van der Waals surface area contributed by atoms with Crippen molar-refractivity contribution in [2.75, 3.05) is 0 Å². The molecule has 2 aromatic rings. The van der Waals surface area contributed by atoms with Crippen LogP contribution in [0.5, 0.6) is 0 Å². The zero-order valence-electron chi connectivity index (χ0n) is 8.50. The van der Waals surface area contributed by atoms with Crippen molar-refractivity contribution in [1.82, 2.24) is 9.97 Å². The molecule has 1 fully saturated rings. The second-order valence-electron chi connectivity index (χ2n) is 4.09. The van der Waals surface area contributed by atoms with Gasteiger partial charge in [0.1, 0.15) is 5.82 Å². The number of nitrogens with one attached hydrogen (secondary N) is 1. The van der Waals surface area contributed by atoms with Gasteiger partial charge in [-0.25, -0.2) is 4.98 Å². The molecule has 1 heterocycles. The van der Waals surface area contributed by atoms with Crippen LogP contribution in [0.1, 0.15) is 24.5 Å². The second-order valence-corrected chi connectivity index (χ2v) is 5.35. The number of halogens is 2. The Morgan fingerprint density at radius 3 is 2.88 bits per heavy atom. The standard InChI is InChI=1S/C12H10BrClN2/c13-9-5-8(3-4-10(9)14)12-15-6-11(16-12)7-1-2-7/h3-7H,1-2H2,(H,15,16). The zero-order chi connectivity index (χ0) is 11.1. The van der Waals surface area contributed by atoms with Crippen molar-refractivity contribution in [3.8, 4) is 11.4 Å². The molecule has 16 heavy (non-hydrogen) atoms. The van der Waals surface area contributed by atoms with E-state index in [2.05, 4.69) is 25.9 Å².